The summed E-state index contributed by atoms with van der Waals surface area (Å²) in [5.74, 6) is 0.00386. The van der Waals surface area contributed by atoms with Gasteiger partial charge in [0.1, 0.15) is 5.75 Å². The molecule has 0 aliphatic heterocycles. The normalized spacial score (nSPS) is 10.9. The Morgan fingerprint density at radius 2 is 1.10 bits per heavy atom. The van der Waals surface area contributed by atoms with Gasteiger partial charge < -0.3 is 5.11 Å². The third-order valence-electron chi connectivity index (χ3n) is 5.49. The van der Waals surface area contributed by atoms with Crippen molar-refractivity contribution in [3.63, 3.8) is 0 Å². The molecule has 4 nitrogen and oxygen atoms in total. The van der Waals surface area contributed by atoms with Crippen LogP contribution in [0.5, 0.6) is 5.75 Å². The summed E-state index contributed by atoms with van der Waals surface area (Å²) in [5, 5.41) is 9.23. The average Bonchev–Trinajstić information content (AvgIpc) is 2.73. The van der Waals surface area contributed by atoms with Crippen molar-refractivity contribution >= 4 is 5.91 Å². The molecule has 0 unspecified atom stereocenters. The number of hydrogen-bond acceptors (Lipinski definition) is 3. The Balaban J connectivity index is 1.77. The van der Waals surface area contributed by atoms with Crippen LogP contribution in [-0.4, -0.2) is 17.6 Å². The largest absolute Gasteiger partial charge is 0.508 e. The second-order valence-electron chi connectivity index (χ2n) is 8.23. The molecule has 0 aliphatic carbocycles. The first-order valence-corrected chi connectivity index (χ1v) is 12.1. The van der Waals surface area contributed by atoms with E-state index in [1.165, 1.54) is 108 Å². The molecule has 1 aromatic carbocycles. The quantitative estimate of drug-likeness (QED) is 0.174. The lowest BCUT2D eigenvalue weighted by Crippen LogP contribution is -2.37. The lowest BCUT2D eigenvalue weighted by atomic mass is 10.0. The van der Waals surface area contributed by atoms with Gasteiger partial charge in [0.2, 0.25) is 0 Å². The molecule has 0 fully saturated rings. The maximum atomic E-state index is 11.9. The molecule has 1 aromatic rings. The zero-order valence-electron chi connectivity index (χ0n) is 18.7. The van der Waals surface area contributed by atoms with Crippen molar-refractivity contribution in [2.45, 2.75) is 110 Å². The van der Waals surface area contributed by atoms with Crippen molar-refractivity contribution in [2.75, 3.05) is 6.54 Å². The van der Waals surface area contributed by atoms with Gasteiger partial charge in [0, 0.05) is 12.1 Å². The first kappa shape index (κ1) is 25.5. The Bertz CT molecular complexity index is 502. The van der Waals surface area contributed by atoms with E-state index in [4.69, 9.17) is 0 Å². The van der Waals surface area contributed by atoms with Crippen LogP contribution in [0.3, 0.4) is 0 Å². The van der Waals surface area contributed by atoms with E-state index in [9.17, 15) is 9.90 Å². The molecule has 0 spiro atoms. The highest BCUT2D eigenvalue weighted by atomic mass is 16.3. The summed E-state index contributed by atoms with van der Waals surface area (Å²) in [6.07, 6.45) is 21.8. The molecule has 4 heteroatoms. The van der Waals surface area contributed by atoms with E-state index < -0.39 is 0 Å². The molecule has 0 saturated carbocycles. The Hall–Kier alpha value is -1.55. The summed E-state index contributed by atoms with van der Waals surface area (Å²) in [4.78, 5) is 11.9. The molecule has 166 valence electrons. The molecule has 0 bridgehead atoms. The van der Waals surface area contributed by atoms with Gasteiger partial charge in [-0.25, -0.2) is 5.43 Å². The van der Waals surface area contributed by atoms with E-state index in [0.29, 0.717) is 5.56 Å². The van der Waals surface area contributed by atoms with Crippen LogP contribution in [0.25, 0.3) is 0 Å². The van der Waals surface area contributed by atoms with Gasteiger partial charge in [-0.15, -0.1) is 0 Å². The maximum absolute atomic E-state index is 11.9. The van der Waals surface area contributed by atoms with E-state index in [-0.39, 0.29) is 11.7 Å². The first-order valence-electron chi connectivity index (χ1n) is 12.1. The van der Waals surface area contributed by atoms with Crippen LogP contribution in [0.4, 0.5) is 0 Å². The van der Waals surface area contributed by atoms with Crippen LogP contribution in [0.15, 0.2) is 24.3 Å². The molecule has 29 heavy (non-hydrogen) atoms. The van der Waals surface area contributed by atoms with Crippen LogP contribution in [0.1, 0.15) is 120 Å². The summed E-state index contributed by atoms with van der Waals surface area (Å²) in [7, 11) is 0. The average molecular weight is 405 g/mol. The van der Waals surface area contributed by atoms with Gasteiger partial charge in [-0.2, -0.15) is 0 Å². The van der Waals surface area contributed by atoms with Gasteiger partial charge in [-0.3, -0.25) is 10.2 Å². The molecule has 0 aliphatic rings. The molecular formula is C25H44N2O2. The monoisotopic (exact) mass is 404 g/mol. The minimum atomic E-state index is -0.165. The number of phenols is 1. The molecule has 0 radical (unpaired) electrons. The second kappa shape index (κ2) is 18.5. The number of unbranched alkanes of at least 4 members (excludes halogenated alkanes) is 15. The predicted molar refractivity (Wildman–Crippen MR) is 123 cm³/mol. The minimum absolute atomic E-state index is 0.165. The van der Waals surface area contributed by atoms with E-state index in [2.05, 4.69) is 17.8 Å². The lowest BCUT2D eigenvalue weighted by molar-refractivity contribution is 0.0933. The van der Waals surface area contributed by atoms with Gasteiger partial charge in [0.15, 0.2) is 0 Å². The van der Waals surface area contributed by atoms with Crippen LogP contribution in [0.2, 0.25) is 0 Å². The van der Waals surface area contributed by atoms with Crippen molar-refractivity contribution in [2.24, 2.45) is 0 Å². The maximum Gasteiger partial charge on any atom is 0.265 e. The summed E-state index contributed by atoms with van der Waals surface area (Å²) in [5.41, 5.74) is 6.23. The van der Waals surface area contributed by atoms with E-state index >= 15 is 0 Å². The highest BCUT2D eigenvalue weighted by molar-refractivity contribution is 5.93. The molecule has 1 amide bonds. The summed E-state index contributed by atoms with van der Waals surface area (Å²) < 4.78 is 0. The molecule has 1 rings (SSSR count). The topological polar surface area (TPSA) is 61.4 Å². The van der Waals surface area contributed by atoms with Crippen molar-refractivity contribution in [1.82, 2.24) is 10.9 Å². The number of nitrogens with one attached hydrogen (secondary N) is 2. The van der Waals surface area contributed by atoms with Gasteiger partial charge in [-0.1, -0.05) is 103 Å². The SMILES string of the molecule is CCCCCCCCCCCCCCCCCCNNC(=O)c1ccc(O)cc1. The fourth-order valence-corrected chi connectivity index (χ4v) is 3.59. The number of aromatic hydroxyl groups is 1. The Morgan fingerprint density at radius 1 is 0.690 bits per heavy atom. The van der Waals surface area contributed by atoms with Crippen LogP contribution < -0.4 is 10.9 Å². The summed E-state index contributed by atoms with van der Waals surface area (Å²) >= 11 is 0. The number of benzene rings is 1. The summed E-state index contributed by atoms with van der Waals surface area (Å²) in [6, 6.07) is 6.26. The first-order chi connectivity index (χ1) is 14.2. The Labute approximate surface area is 178 Å². The van der Waals surface area contributed by atoms with E-state index in [1.54, 1.807) is 12.1 Å². The van der Waals surface area contributed by atoms with Crippen molar-refractivity contribution in [1.29, 1.82) is 0 Å². The number of amides is 1. The predicted octanol–water partition coefficient (Wildman–Crippen LogP) is 6.89. The van der Waals surface area contributed by atoms with Crippen molar-refractivity contribution in [3.8, 4) is 5.75 Å². The molecule has 3 N–H and O–H groups in total. The minimum Gasteiger partial charge on any atom is -0.508 e. The highest BCUT2D eigenvalue weighted by Crippen LogP contribution is 2.13. The van der Waals surface area contributed by atoms with E-state index in [0.717, 1.165) is 13.0 Å². The van der Waals surface area contributed by atoms with Crippen molar-refractivity contribution < 1.29 is 9.90 Å². The van der Waals surface area contributed by atoms with Gasteiger partial charge in [0.25, 0.3) is 5.91 Å². The molecule has 0 atom stereocenters. The second-order valence-corrected chi connectivity index (χ2v) is 8.23. The summed E-state index contributed by atoms with van der Waals surface area (Å²) in [6.45, 7) is 3.07. The van der Waals surface area contributed by atoms with E-state index in [1.807, 2.05) is 0 Å². The number of carbonyl (C=O) groups excluding carboxylic acids is 1. The van der Waals surface area contributed by atoms with Crippen LogP contribution >= 0.6 is 0 Å². The fourth-order valence-electron chi connectivity index (χ4n) is 3.59. The molecular weight excluding hydrogens is 360 g/mol. The Morgan fingerprint density at radius 3 is 1.55 bits per heavy atom. The van der Waals surface area contributed by atoms with Gasteiger partial charge >= 0.3 is 0 Å². The van der Waals surface area contributed by atoms with Crippen LogP contribution in [-0.2, 0) is 0 Å². The number of rotatable bonds is 19. The molecule has 0 saturated heterocycles. The third-order valence-corrected chi connectivity index (χ3v) is 5.49. The number of phenolic OH excluding ortho intramolecular Hbond substituents is 1. The Kier molecular flexibility index (Phi) is 16.2. The van der Waals surface area contributed by atoms with Crippen LogP contribution in [0, 0.1) is 0 Å². The third kappa shape index (κ3) is 15.0. The van der Waals surface area contributed by atoms with Crippen molar-refractivity contribution in [3.05, 3.63) is 29.8 Å². The number of carbonyl (C=O) groups is 1. The molecule has 0 heterocycles. The number of hydrogen-bond donors (Lipinski definition) is 3. The zero-order valence-corrected chi connectivity index (χ0v) is 18.7. The molecule has 0 aromatic heterocycles. The number of hydrazine groups is 1. The smallest absolute Gasteiger partial charge is 0.265 e. The lowest BCUT2D eigenvalue weighted by Gasteiger charge is -2.07. The highest BCUT2D eigenvalue weighted by Gasteiger charge is 2.03. The van der Waals surface area contributed by atoms with Gasteiger partial charge in [-0.05, 0) is 30.7 Å². The van der Waals surface area contributed by atoms with Gasteiger partial charge in [0.05, 0.1) is 0 Å². The zero-order chi connectivity index (χ0) is 21.0. The fraction of sp³-hybridized carbons (Fsp3) is 0.720. The standard InChI is InChI=1S/C25H44N2O2/c1-2-3-4-5-6-7-8-9-10-11-12-13-14-15-16-17-22-26-27-25(29)23-18-20-24(28)21-19-23/h18-21,26,28H,2-17,22H2,1H3,(H,27,29).